The maximum absolute atomic E-state index is 12.0. The van der Waals surface area contributed by atoms with Crippen LogP contribution < -0.4 is 5.32 Å². The van der Waals surface area contributed by atoms with Crippen LogP contribution in [-0.4, -0.2) is 32.8 Å². The molecule has 0 aromatic carbocycles. The molecule has 0 spiro atoms. The molecule has 0 aliphatic rings. The molecule has 2 aromatic heterocycles. The summed E-state index contributed by atoms with van der Waals surface area (Å²) in [7, 11) is 0. The molecular formula is C15H16N4O2. The van der Waals surface area contributed by atoms with Crippen LogP contribution in [0.1, 0.15) is 41.0 Å². The topological polar surface area (TPSA) is 90.9 Å². The van der Waals surface area contributed by atoms with Gasteiger partial charge in [0.15, 0.2) is 0 Å². The largest absolute Gasteiger partial charge is 0.395 e. The van der Waals surface area contributed by atoms with Gasteiger partial charge in [0.25, 0.3) is 5.91 Å². The van der Waals surface area contributed by atoms with Gasteiger partial charge in [-0.05, 0) is 19.1 Å². The molecule has 108 valence electrons. The molecule has 0 saturated carbocycles. The number of carbonyl (C=O) groups excluding carboxylic acids is 1. The SMILES string of the molecule is CC(NC(=O)c1ccc(C#CCCO)cn1)c1cn[nH]c1. The predicted molar refractivity (Wildman–Crippen MR) is 77.3 cm³/mol. The first-order valence-corrected chi connectivity index (χ1v) is 6.56. The van der Waals surface area contributed by atoms with E-state index in [-0.39, 0.29) is 18.6 Å². The Morgan fingerprint density at radius 1 is 1.48 bits per heavy atom. The van der Waals surface area contributed by atoms with Crippen molar-refractivity contribution >= 4 is 5.91 Å². The maximum atomic E-state index is 12.0. The number of H-pyrrole nitrogens is 1. The molecule has 21 heavy (non-hydrogen) atoms. The Hall–Kier alpha value is -2.65. The molecule has 2 heterocycles. The average molecular weight is 284 g/mol. The van der Waals surface area contributed by atoms with Crippen molar-refractivity contribution in [2.45, 2.75) is 19.4 Å². The van der Waals surface area contributed by atoms with E-state index >= 15 is 0 Å². The van der Waals surface area contributed by atoms with Crippen LogP contribution in [0.4, 0.5) is 0 Å². The summed E-state index contributed by atoms with van der Waals surface area (Å²) in [6, 6.07) is 3.21. The van der Waals surface area contributed by atoms with E-state index in [1.54, 1.807) is 30.7 Å². The number of aromatic nitrogens is 3. The minimum atomic E-state index is -0.251. The van der Waals surface area contributed by atoms with Gasteiger partial charge in [0, 0.05) is 29.9 Å². The number of carbonyl (C=O) groups is 1. The van der Waals surface area contributed by atoms with Gasteiger partial charge in [-0.25, -0.2) is 4.98 Å². The zero-order valence-corrected chi connectivity index (χ0v) is 11.6. The highest BCUT2D eigenvalue weighted by Crippen LogP contribution is 2.10. The molecule has 0 bridgehead atoms. The molecular weight excluding hydrogens is 268 g/mol. The average Bonchev–Trinajstić information content (AvgIpc) is 3.02. The second-order valence-corrected chi connectivity index (χ2v) is 4.43. The number of nitrogens with zero attached hydrogens (tertiary/aromatic N) is 2. The number of hydrogen-bond acceptors (Lipinski definition) is 4. The minimum absolute atomic E-state index is 0.0345. The summed E-state index contributed by atoms with van der Waals surface area (Å²) in [5.74, 6) is 5.41. The summed E-state index contributed by atoms with van der Waals surface area (Å²) in [4.78, 5) is 16.1. The molecule has 0 fully saturated rings. The third kappa shape index (κ3) is 4.16. The van der Waals surface area contributed by atoms with Crippen LogP contribution in [0.5, 0.6) is 0 Å². The number of aliphatic hydroxyl groups excluding tert-OH is 1. The highest BCUT2D eigenvalue weighted by molar-refractivity contribution is 5.92. The number of pyridine rings is 1. The summed E-state index contributed by atoms with van der Waals surface area (Å²) >= 11 is 0. The first-order chi connectivity index (χ1) is 10.2. The summed E-state index contributed by atoms with van der Waals surface area (Å²) < 4.78 is 0. The minimum Gasteiger partial charge on any atom is -0.395 e. The Morgan fingerprint density at radius 3 is 2.95 bits per heavy atom. The molecule has 1 amide bonds. The molecule has 3 N–H and O–H groups in total. The van der Waals surface area contributed by atoms with E-state index < -0.39 is 0 Å². The predicted octanol–water partition coefficient (Wildman–Crippen LogP) is 1.03. The van der Waals surface area contributed by atoms with Gasteiger partial charge in [-0.1, -0.05) is 11.8 Å². The number of hydrogen-bond donors (Lipinski definition) is 3. The van der Waals surface area contributed by atoms with E-state index in [0.717, 1.165) is 5.56 Å². The van der Waals surface area contributed by atoms with Gasteiger partial charge in [0.2, 0.25) is 0 Å². The number of amides is 1. The van der Waals surface area contributed by atoms with Crippen LogP contribution in [0.25, 0.3) is 0 Å². The van der Waals surface area contributed by atoms with E-state index in [2.05, 4.69) is 32.3 Å². The number of aromatic amines is 1. The zero-order valence-electron chi connectivity index (χ0n) is 11.6. The van der Waals surface area contributed by atoms with Crippen molar-refractivity contribution in [3.8, 4) is 11.8 Å². The van der Waals surface area contributed by atoms with E-state index in [1.165, 1.54) is 0 Å². The van der Waals surface area contributed by atoms with Gasteiger partial charge in [-0.3, -0.25) is 9.89 Å². The van der Waals surface area contributed by atoms with Crippen molar-refractivity contribution in [2.75, 3.05) is 6.61 Å². The van der Waals surface area contributed by atoms with Crippen LogP contribution in [-0.2, 0) is 0 Å². The lowest BCUT2D eigenvalue weighted by Gasteiger charge is -2.11. The Kier molecular flexibility index (Phi) is 5.07. The van der Waals surface area contributed by atoms with Crippen LogP contribution in [0.3, 0.4) is 0 Å². The Morgan fingerprint density at radius 2 is 2.33 bits per heavy atom. The van der Waals surface area contributed by atoms with Crippen molar-refractivity contribution in [1.29, 1.82) is 0 Å². The van der Waals surface area contributed by atoms with Crippen molar-refractivity contribution in [3.05, 3.63) is 47.5 Å². The maximum Gasteiger partial charge on any atom is 0.270 e. The second-order valence-electron chi connectivity index (χ2n) is 4.43. The summed E-state index contributed by atoms with van der Waals surface area (Å²) in [6.07, 6.45) is 5.36. The normalized spacial score (nSPS) is 11.3. The third-order valence-corrected chi connectivity index (χ3v) is 2.83. The van der Waals surface area contributed by atoms with E-state index in [9.17, 15) is 4.79 Å². The molecule has 0 saturated heterocycles. The van der Waals surface area contributed by atoms with Crippen LogP contribution in [0.2, 0.25) is 0 Å². The quantitative estimate of drug-likeness (QED) is 0.731. The molecule has 1 unspecified atom stereocenters. The summed E-state index contributed by atoms with van der Waals surface area (Å²) in [5, 5.41) is 18.0. The Balaban J connectivity index is 1.98. The number of rotatable bonds is 4. The fourth-order valence-electron chi connectivity index (χ4n) is 1.67. The lowest BCUT2D eigenvalue weighted by atomic mass is 10.2. The third-order valence-electron chi connectivity index (χ3n) is 2.83. The highest BCUT2D eigenvalue weighted by Gasteiger charge is 2.12. The van der Waals surface area contributed by atoms with Gasteiger partial charge >= 0.3 is 0 Å². The standard InChI is InChI=1S/C15H16N4O2/c1-11(13-9-17-18-10-13)19-15(21)14-6-5-12(8-16-14)4-2-3-7-20/h5-6,8-11,20H,3,7H2,1H3,(H,17,18)(H,19,21). The lowest BCUT2D eigenvalue weighted by molar-refractivity contribution is 0.0935. The van der Waals surface area contributed by atoms with Gasteiger partial charge in [0.05, 0.1) is 18.8 Å². The number of aliphatic hydroxyl groups is 1. The zero-order chi connectivity index (χ0) is 15.1. The second kappa shape index (κ2) is 7.22. The summed E-state index contributed by atoms with van der Waals surface area (Å²) in [6.45, 7) is 1.91. The van der Waals surface area contributed by atoms with E-state index in [1.807, 2.05) is 6.92 Å². The fourth-order valence-corrected chi connectivity index (χ4v) is 1.67. The van der Waals surface area contributed by atoms with Gasteiger partial charge in [-0.2, -0.15) is 5.10 Å². The lowest BCUT2D eigenvalue weighted by Crippen LogP contribution is -2.27. The molecule has 1 atom stereocenters. The van der Waals surface area contributed by atoms with E-state index in [4.69, 9.17) is 5.11 Å². The van der Waals surface area contributed by atoms with E-state index in [0.29, 0.717) is 17.7 Å². The van der Waals surface area contributed by atoms with Crippen molar-refractivity contribution in [3.63, 3.8) is 0 Å². The van der Waals surface area contributed by atoms with Crippen LogP contribution >= 0.6 is 0 Å². The molecule has 6 heteroatoms. The first kappa shape index (κ1) is 14.8. The Bertz CT molecular complexity index is 639. The van der Waals surface area contributed by atoms with Crippen molar-refractivity contribution in [2.24, 2.45) is 0 Å². The fraction of sp³-hybridized carbons (Fsp3) is 0.267. The molecule has 2 aromatic rings. The number of nitrogens with one attached hydrogen (secondary N) is 2. The molecule has 0 aliphatic carbocycles. The van der Waals surface area contributed by atoms with Gasteiger partial charge in [-0.15, -0.1) is 0 Å². The molecule has 0 aliphatic heterocycles. The first-order valence-electron chi connectivity index (χ1n) is 6.56. The van der Waals surface area contributed by atoms with Crippen LogP contribution in [0.15, 0.2) is 30.7 Å². The van der Waals surface area contributed by atoms with Crippen LogP contribution in [0, 0.1) is 11.8 Å². The monoisotopic (exact) mass is 284 g/mol. The highest BCUT2D eigenvalue weighted by atomic mass is 16.2. The smallest absolute Gasteiger partial charge is 0.270 e. The molecule has 2 rings (SSSR count). The van der Waals surface area contributed by atoms with Crippen molar-refractivity contribution < 1.29 is 9.90 Å². The van der Waals surface area contributed by atoms with Gasteiger partial charge in [0.1, 0.15) is 5.69 Å². The molecule has 0 radical (unpaired) electrons. The van der Waals surface area contributed by atoms with Crippen molar-refractivity contribution in [1.82, 2.24) is 20.5 Å². The Labute approximate surface area is 122 Å². The summed E-state index contributed by atoms with van der Waals surface area (Å²) in [5.41, 5.74) is 1.94. The molecule has 6 nitrogen and oxygen atoms in total. The van der Waals surface area contributed by atoms with Gasteiger partial charge < -0.3 is 10.4 Å².